The zero-order valence-corrected chi connectivity index (χ0v) is 21.2. The summed E-state index contributed by atoms with van der Waals surface area (Å²) in [7, 11) is 0. The highest BCUT2D eigenvalue weighted by molar-refractivity contribution is 6.30. The summed E-state index contributed by atoms with van der Waals surface area (Å²) in [5.74, 6) is 0.522. The van der Waals surface area contributed by atoms with E-state index in [0.717, 1.165) is 6.07 Å². The maximum absolute atomic E-state index is 14.3. The van der Waals surface area contributed by atoms with Crippen LogP contribution < -0.4 is 11.3 Å². The van der Waals surface area contributed by atoms with Gasteiger partial charge >= 0.3 is 6.18 Å². The molecule has 3 heterocycles. The lowest BCUT2D eigenvalue weighted by Gasteiger charge is -2.18. The normalized spacial score (nSPS) is 11.8. The molecule has 0 amide bonds. The van der Waals surface area contributed by atoms with Gasteiger partial charge in [-0.05, 0) is 53.9 Å². The number of nitrogen functional groups attached to an aromatic ring is 1. The largest absolute Gasteiger partial charge is 0.433 e. The van der Waals surface area contributed by atoms with Crippen molar-refractivity contribution in [3.63, 3.8) is 0 Å². The molecule has 194 valence electrons. The summed E-state index contributed by atoms with van der Waals surface area (Å²) in [5, 5.41) is 9.29. The van der Waals surface area contributed by atoms with Gasteiger partial charge in [-0.15, -0.1) is 10.2 Å². The Hall–Kier alpha value is -4.18. The monoisotopic (exact) mass is 538 g/mol. The second-order valence-corrected chi connectivity index (χ2v) is 9.22. The summed E-state index contributed by atoms with van der Waals surface area (Å²) >= 11 is 6.13. The molecular formula is C27H22ClF3N6O. The molecule has 3 aromatic heterocycles. The average Bonchev–Trinajstić information content (AvgIpc) is 3.31. The van der Waals surface area contributed by atoms with E-state index >= 15 is 0 Å². The lowest BCUT2D eigenvalue weighted by molar-refractivity contribution is -0.141. The SMILES string of the molecule is CCc1nnc2c(-c3ccc(Cl)cc3)c(-c3ccc(N)cc3)c(=O)n(Cc3ccc(C(F)(F)F)nc3C)n12. The van der Waals surface area contributed by atoms with E-state index < -0.39 is 11.9 Å². The van der Waals surface area contributed by atoms with Crippen LogP contribution in [0.4, 0.5) is 18.9 Å². The van der Waals surface area contributed by atoms with Crippen LogP contribution in [0.2, 0.25) is 5.02 Å². The van der Waals surface area contributed by atoms with Gasteiger partial charge in [0.25, 0.3) is 5.56 Å². The number of nitrogens with two attached hydrogens (primary N) is 1. The van der Waals surface area contributed by atoms with E-state index in [-0.39, 0.29) is 17.8 Å². The van der Waals surface area contributed by atoms with E-state index in [9.17, 15) is 18.0 Å². The predicted molar refractivity (Wildman–Crippen MR) is 140 cm³/mol. The summed E-state index contributed by atoms with van der Waals surface area (Å²) in [5.41, 5.74) is 8.34. The van der Waals surface area contributed by atoms with Gasteiger partial charge in [0.2, 0.25) is 0 Å². The Kier molecular flexibility index (Phi) is 6.44. The molecule has 0 aliphatic heterocycles. The molecule has 0 saturated carbocycles. The van der Waals surface area contributed by atoms with E-state index in [1.165, 1.54) is 17.7 Å². The molecule has 0 bridgehead atoms. The van der Waals surface area contributed by atoms with E-state index in [0.29, 0.717) is 56.4 Å². The molecule has 11 heteroatoms. The first-order valence-electron chi connectivity index (χ1n) is 11.7. The van der Waals surface area contributed by atoms with Gasteiger partial charge in [-0.3, -0.25) is 4.79 Å². The minimum Gasteiger partial charge on any atom is -0.399 e. The Morgan fingerprint density at radius 1 is 0.921 bits per heavy atom. The second kappa shape index (κ2) is 9.60. The number of alkyl halides is 3. The van der Waals surface area contributed by atoms with Crippen LogP contribution in [0.15, 0.2) is 65.5 Å². The number of pyridine rings is 1. The summed E-state index contributed by atoms with van der Waals surface area (Å²) in [4.78, 5) is 18.0. The molecule has 0 unspecified atom stereocenters. The van der Waals surface area contributed by atoms with Gasteiger partial charge in [-0.25, -0.2) is 14.2 Å². The van der Waals surface area contributed by atoms with Crippen molar-refractivity contribution in [3.05, 3.63) is 98.8 Å². The molecule has 0 aliphatic rings. The highest BCUT2D eigenvalue weighted by Gasteiger charge is 2.33. The Balaban J connectivity index is 1.83. The fourth-order valence-corrected chi connectivity index (χ4v) is 4.53. The molecule has 0 fully saturated rings. The second-order valence-electron chi connectivity index (χ2n) is 8.79. The molecular weight excluding hydrogens is 517 g/mol. The van der Waals surface area contributed by atoms with Crippen molar-refractivity contribution in [3.8, 4) is 22.3 Å². The standard InChI is InChI=1S/C27H22ClF3N6O/c1-3-22-34-35-25-23(16-4-9-19(28)10-5-16)24(17-6-11-20(32)12-7-17)26(38)36(37(22)25)14-18-8-13-21(27(29,30)31)33-15(18)2/h4-13H,3,14,32H2,1-2H3. The molecule has 5 aromatic rings. The van der Waals surface area contributed by atoms with Crippen LogP contribution in [-0.4, -0.2) is 24.4 Å². The number of aromatic nitrogens is 5. The third-order valence-corrected chi connectivity index (χ3v) is 6.57. The number of benzene rings is 2. The first kappa shape index (κ1) is 25.5. The molecule has 0 aliphatic carbocycles. The van der Waals surface area contributed by atoms with E-state index in [2.05, 4.69) is 15.2 Å². The first-order chi connectivity index (χ1) is 18.1. The molecule has 0 spiro atoms. The zero-order valence-electron chi connectivity index (χ0n) is 20.4. The molecule has 0 atom stereocenters. The average molecular weight is 539 g/mol. The van der Waals surface area contributed by atoms with Crippen LogP contribution in [0.25, 0.3) is 27.9 Å². The number of fused-ring (bicyclic) bond motifs is 1. The number of anilines is 1. The molecule has 5 rings (SSSR count). The Labute approximate surface area is 220 Å². The number of hydrogen-bond donors (Lipinski definition) is 1. The smallest absolute Gasteiger partial charge is 0.399 e. The van der Waals surface area contributed by atoms with Crippen molar-refractivity contribution in [2.24, 2.45) is 0 Å². The lowest BCUT2D eigenvalue weighted by atomic mass is 9.96. The summed E-state index contributed by atoms with van der Waals surface area (Å²) < 4.78 is 42.7. The van der Waals surface area contributed by atoms with Crippen LogP contribution in [0, 0.1) is 6.92 Å². The quantitative estimate of drug-likeness (QED) is 0.286. The van der Waals surface area contributed by atoms with Gasteiger partial charge < -0.3 is 5.73 Å². The Morgan fingerprint density at radius 3 is 2.16 bits per heavy atom. The summed E-state index contributed by atoms with van der Waals surface area (Å²) in [6, 6.07) is 16.2. The Morgan fingerprint density at radius 2 is 1.55 bits per heavy atom. The minimum atomic E-state index is -4.57. The third-order valence-electron chi connectivity index (χ3n) is 6.32. The Bertz CT molecular complexity index is 1710. The van der Waals surface area contributed by atoms with Gasteiger partial charge in [0.1, 0.15) is 5.69 Å². The van der Waals surface area contributed by atoms with Crippen molar-refractivity contribution in [1.82, 2.24) is 24.4 Å². The van der Waals surface area contributed by atoms with Crippen molar-refractivity contribution in [1.29, 1.82) is 0 Å². The highest BCUT2D eigenvalue weighted by atomic mass is 35.5. The van der Waals surface area contributed by atoms with Crippen molar-refractivity contribution < 1.29 is 13.2 Å². The fraction of sp³-hybridized carbons (Fsp3) is 0.185. The maximum Gasteiger partial charge on any atom is 0.433 e. The lowest BCUT2D eigenvalue weighted by Crippen LogP contribution is -2.30. The van der Waals surface area contributed by atoms with E-state index in [4.69, 9.17) is 17.3 Å². The molecule has 0 saturated heterocycles. The number of hydrogen-bond acceptors (Lipinski definition) is 5. The van der Waals surface area contributed by atoms with Crippen molar-refractivity contribution in [2.45, 2.75) is 33.0 Å². The molecule has 0 radical (unpaired) electrons. The molecule has 7 nitrogen and oxygen atoms in total. The van der Waals surface area contributed by atoms with E-state index in [1.807, 2.05) is 6.92 Å². The maximum atomic E-state index is 14.3. The van der Waals surface area contributed by atoms with Crippen LogP contribution in [-0.2, 0) is 19.1 Å². The first-order valence-corrected chi connectivity index (χ1v) is 12.1. The van der Waals surface area contributed by atoms with Gasteiger partial charge in [0.05, 0.1) is 12.1 Å². The minimum absolute atomic E-state index is 0.0415. The topological polar surface area (TPSA) is 91.1 Å². The van der Waals surface area contributed by atoms with Crippen LogP contribution in [0.5, 0.6) is 0 Å². The summed E-state index contributed by atoms with van der Waals surface area (Å²) in [6.07, 6.45) is -4.11. The molecule has 2 N–H and O–H groups in total. The predicted octanol–water partition coefficient (Wildman–Crippen LogP) is 5.79. The highest BCUT2D eigenvalue weighted by Crippen LogP contribution is 2.34. The van der Waals surface area contributed by atoms with Crippen LogP contribution in [0.3, 0.4) is 0 Å². The number of rotatable bonds is 5. The van der Waals surface area contributed by atoms with Crippen LogP contribution in [0.1, 0.15) is 29.7 Å². The van der Waals surface area contributed by atoms with Gasteiger partial charge in [-0.2, -0.15) is 13.2 Å². The number of nitrogens with zero attached hydrogens (tertiary/aromatic N) is 5. The van der Waals surface area contributed by atoms with Gasteiger partial charge in [-0.1, -0.05) is 48.9 Å². The number of halogens is 4. The van der Waals surface area contributed by atoms with Crippen molar-refractivity contribution >= 4 is 22.9 Å². The number of aryl methyl sites for hydroxylation is 2. The van der Waals surface area contributed by atoms with Crippen molar-refractivity contribution in [2.75, 3.05) is 5.73 Å². The van der Waals surface area contributed by atoms with Gasteiger partial charge in [0, 0.05) is 28.4 Å². The van der Waals surface area contributed by atoms with Gasteiger partial charge in [0.15, 0.2) is 11.5 Å². The summed E-state index contributed by atoms with van der Waals surface area (Å²) in [6.45, 7) is 3.33. The van der Waals surface area contributed by atoms with E-state index in [1.54, 1.807) is 53.0 Å². The third kappa shape index (κ3) is 4.51. The molecule has 2 aromatic carbocycles. The van der Waals surface area contributed by atoms with Crippen LogP contribution >= 0.6 is 11.6 Å². The zero-order chi connectivity index (χ0) is 27.2. The fourth-order valence-electron chi connectivity index (χ4n) is 4.41. The molecule has 38 heavy (non-hydrogen) atoms.